The van der Waals surface area contributed by atoms with Gasteiger partial charge in [0.2, 0.25) is 11.8 Å². The Morgan fingerprint density at radius 3 is 2.78 bits per heavy atom. The van der Waals surface area contributed by atoms with Crippen LogP contribution in [0.2, 0.25) is 0 Å². The van der Waals surface area contributed by atoms with E-state index in [-0.39, 0.29) is 12.5 Å². The number of hydrogen-bond donors (Lipinski definition) is 1. The van der Waals surface area contributed by atoms with E-state index in [9.17, 15) is 9.59 Å². The van der Waals surface area contributed by atoms with E-state index < -0.39 is 6.03 Å². The molecule has 1 fully saturated rings. The first-order valence-electron chi connectivity index (χ1n) is 7.65. The Bertz CT molecular complexity index is 684. The summed E-state index contributed by atoms with van der Waals surface area (Å²) in [6, 6.07) is 9.83. The number of carbonyl (C=O) groups excluding carboxylic acids is 2. The predicted octanol–water partition coefficient (Wildman–Crippen LogP) is 1.69. The van der Waals surface area contributed by atoms with Gasteiger partial charge in [-0.05, 0) is 18.4 Å². The fraction of sp³-hybridized carbons (Fsp3) is 0.375. The van der Waals surface area contributed by atoms with E-state index in [1.807, 2.05) is 18.2 Å². The van der Waals surface area contributed by atoms with Gasteiger partial charge < -0.3 is 9.42 Å². The van der Waals surface area contributed by atoms with Gasteiger partial charge in [-0.15, -0.1) is 0 Å². The highest BCUT2D eigenvalue weighted by Gasteiger charge is 2.24. The maximum Gasteiger partial charge on any atom is 0.324 e. The summed E-state index contributed by atoms with van der Waals surface area (Å²) in [5, 5.41) is 6.21. The molecule has 3 amide bonds. The molecule has 0 spiro atoms. The minimum absolute atomic E-state index is 0.227. The van der Waals surface area contributed by atoms with Crippen molar-refractivity contribution in [3.05, 3.63) is 47.6 Å². The molecule has 0 atom stereocenters. The Kier molecular flexibility index (Phi) is 4.65. The van der Waals surface area contributed by atoms with Crippen molar-refractivity contribution in [2.45, 2.75) is 32.2 Å². The van der Waals surface area contributed by atoms with Gasteiger partial charge in [0.05, 0.1) is 0 Å². The number of aryl methyl sites for hydroxylation is 2. The molecule has 1 saturated heterocycles. The van der Waals surface area contributed by atoms with Crippen LogP contribution in [0.25, 0.3) is 0 Å². The molecule has 23 heavy (non-hydrogen) atoms. The summed E-state index contributed by atoms with van der Waals surface area (Å²) >= 11 is 0. The number of carbonyl (C=O) groups is 2. The van der Waals surface area contributed by atoms with Crippen LogP contribution in [0.4, 0.5) is 4.79 Å². The number of rotatable bonds is 6. The molecule has 0 aliphatic carbocycles. The van der Waals surface area contributed by atoms with Gasteiger partial charge in [0, 0.05) is 19.4 Å². The first kappa shape index (κ1) is 15.2. The number of imide groups is 1. The molecule has 0 bridgehead atoms. The van der Waals surface area contributed by atoms with E-state index in [0.717, 1.165) is 19.3 Å². The zero-order chi connectivity index (χ0) is 16.1. The quantitative estimate of drug-likeness (QED) is 0.876. The topological polar surface area (TPSA) is 88.3 Å². The molecule has 2 aromatic rings. The monoisotopic (exact) mass is 314 g/mol. The lowest BCUT2D eigenvalue weighted by atomic mass is 10.1. The van der Waals surface area contributed by atoms with E-state index in [1.165, 1.54) is 10.5 Å². The number of urea groups is 1. The summed E-state index contributed by atoms with van der Waals surface area (Å²) in [5.74, 6) is 0.784. The molecule has 2 heterocycles. The molecular weight excluding hydrogens is 296 g/mol. The summed E-state index contributed by atoms with van der Waals surface area (Å²) in [6.45, 7) is 0.598. The molecular formula is C16H18N4O3. The molecule has 1 aliphatic rings. The average molecular weight is 314 g/mol. The number of nitrogens with zero attached hydrogens (tertiary/aromatic N) is 3. The van der Waals surface area contributed by atoms with Crippen LogP contribution in [-0.2, 0) is 24.2 Å². The standard InChI is InChI=1S/C16H18N4O3/c21-14-9-10-20(16(22)18-14)11-15-17-13(19-23-15)8-4-7-12-5-2-1-3-6-12/h1-3,5-6H,4,7-11H2,(H,18,21,22). The lowest BCUT2D eigenvalue weighted by molar-refractivity contribution is -0.121. The van der Waals surface area contributed by atoms with Crippen LogP contribution in [0.1, 0.15) is 30.1 Å². The number of amides is 3. The van der Waals surface area contributed by atoms with Gasteiger partial charge in [-0.3, -0.25) is 10.1 Å². The van der Waals surface area contributed by atoms with Crippen LogP contribution in [0.15, 0.2) is 34.9 Å². The second-order valence-electron chi connectivity index (χ2n) is 5.47. The Morgan fingerprint density at radius 1 is 1.17 bits per heavy atom. The van der Waals surface area contributed by atoms with Crippen molar-refractivity contribution in [2.75, 3.05) is 6.54 Å². The van der Waals surface area contributed by atoms with E-state index in [4.69, 9.17) is 4.52 Å². The summed E-state index contributed by atoms with van der Waals surface area (Å²) in [7, 11) is 0. The summed E-state index contributed by atoms with van der Waals surface area (Å²) in [4.78, 5) is 28.5. The largest absolute Gasteiger partial charge is 0.337 e. The summed E-state index contributed by atoms with van der Waals surface area (Å²) < 4.78 is 5.18. The fourth-order valence-electron chi connectivity index (χ4n) is 2.46. The Hall–Kier alpha value is -2.70. The third-order valence-corrected chi connectivity index (χ3v) is 3.69. The van der Waals surface area contributed by atoms with Crippen molar-refractivity contribution in [1.82, 2.24) is 20.4 Å². The zero-order valence-electron chi connectivity index (χ0n) is 12.7. The second-order valence-corrected chi connectivity index (χ2v) is 5.47. The van der Waals surface area contributed by atoms with E-state index in [1.54, 1.807) is 0 Å². The molecule has 3 rings (SSSR count). The van der Waals surface area contributed by atoms with E-state index >= 15 is 0 Å². The first-order chi connectivity index (χ1) is 11.2. The number of hydrogen-bond acceptors (Lipinski definition) is 5. The maximum atomic E-state index is 11.6. The third kappa shape index (κ3) is 4.15. The Labute approximate surface area is 133 Å². The third-order valence-electron chi connectivity index (χ3n) is 3.69. The normalized spacial score (nSPS) is 14.9. The fourth-order valence-corrected chi connectivity index (χ4v) is 2.46. The molecule has 1 aliphatic heterocycles. The van der Waals surface area contributed by atoms with Crippen LogP contribution >= 0.6 is 0 Å². The smallest absolute Gasteiger partial charge is 0.324 e. The molecule has 0 unspecified atom stereocenters. The molecule has 1 aromatic carbocycles. The number of benzene rings is 1. The number of aromatic nitrogens is 2. The lowest BCUT2D eigenvalue weighted by Gasteiger charge is -2.24. The summed E-state index contributed by atoms with van der Waals surface area (Å²) in [5.41, 5.74) is 1.28. The molecule has 1 N–H and O–H groups in total. The Balaban J connectivity index is 1.48. The average Bonchev–Trinajstić information content (AvgIpc) is 2.99. The van der Waals surface area contributed by atoms with Crippen molar-refractivity contribution < 1.29 is 14.1 Å². The molecule has 1 aromatic heterocycles. The second kappa shape index (κ2) is 7.04. The van der Waals surface area contributed by atoms with Crippen LogP contribution in [-0.4, -0.2) is 33.5 Å². The minimum Gasteiger partial charge on any atom is -0.337 e. The lowest BCUT2D eigenvalue weighted by Crippen LogP contribution is -2.48. The highest BCUT2D eigenvalue weighted by Crippen LogP contribution is 2.09. The van der Waals surface area contributed by atoms with Gasteiger partial charge in [0.15, 0.2) is 5.82 Å². The van der Waals surface area contributed by atoms with Crippen molar-refractivity contribution in [2.24, 2.45) is 0 Å². The van der Waals surface area contributed by atoms with Crippen LogP contribution in [0, 0.1) is 0 Å². The predicted molar refractivity (Wildman–Crippen MR) is 81.3 cm³/mol. The van der Waals surface area contributed by atoms with Crippen molar-refractivity contribution in [3.8, 4) is 0 Å². The van der Waals surface area contributed by atoms with Crippen LogP contribution < -0.4 is 5.32 Å². The van der Waals surface area contributed by atoms with Crippen LogP contribution in [0.3, 0.4) is 0 Å². The van der Waals surface area contributed by atoms with Crippen molar-refractivity contribution in [3.63, 3.8) is 0 Å². The van der Waals surface area contributed by atoms with Gasteiger partial charge >= 0.3 is 6.03 Å². The molecule has 7 heteroatoms. The molecule has 0 saturated carbocycles. The summed E-state index contributed by atoms with van der Waals surface area (Å²) in [6.07, 6.45) is 2.91. The maximum absolute atomic E-state index is 11.6. The van der Waals surface area contributed by atoms with Crippen LogP contribution in [0.5, 0.6) is 0 Å². The molecule has 7 nitrogen and oxygen atoms in total. The zero-order valence-corrected chi connectivity index (χ0v) is 12.7. The highest BCUT2D eigenvalue weighted by molar-refractivity contribution is 5.96. The van der Waals surface area contributed by atoms with Gasteiger partial charge in [0.25, 0.3) is 0 Å². The SMILES string of the molecule is O=C1CCN(Cc2nc(CCCc3ccccc3)no2)C(=O)N1. The highest BCUT2D eigenvalue weighted by atomic mass is 16.5. The van der Waals surface area contributed by atoms with Crippen molar-refractivity contribution >= 4 is 11.9 Å². The van der Waals surface area contributed by atoms with Gasteiger partial charge in [-0.25, -0.2) is 4.79 Å². The van der Waals surface area contributed by atoms with E-state index in [2.05, 4.69) is 27.6 Å². The Morgan fingerprint density at radius 2 is 2.00 bits per heavy atom. The molecule has 0 radical (unpaired) electrons. The van der Waals surface area contributed by atoms with Crippen molar-refractivity contribution in [1.29, 1.82) is 0 Å². The minimum atomic E-state index is -0.412. The van der Waals surface area contributed by atoms with E-state index in [0.29, 0.717) is 24.7 Å². The number of nitrogens with one attached hydrogen (secondary N) is 1. The molecule has 120 valence electrons. The first-order valence-corrected chi connectivity index (χ1v) is 7.65. The van der Waals surface area contributed by atoms with Gasteiger partial charge in [-0.2, -0.15) is 4.98 Å². The van der Waals surface area contributed by atoms with Gasteiger partial charge in [0.1, 0.15) is 6.54 Å². The van der Waals surface area contributed by atoms with Gasteiger partial charge in [-0.1, -0.05) is 35.5 Å².